The Bertz CT molecular complexity index is 944. The number of ether oxygens (including phenoxy) is 1. The summed E-state index contributed by atoms with van der Waals surface area (Å²) in [5, 5.41) is 12.0. The van der Waals surface area contributed by atoms with E-state index in [9.17, 15) is 4.79 Å². The average Bonchev–Trinajstić information content (AvgIpc) is 3.05. The number of nitrogens with zero attached hydrogens (tertiary/aromatic N) is 3. The summed E-state index contributed by atoms with van der Waals surface area (Å²) >= 11 is 1.37. The number of carbonyl (C=O) groups excluding carboxylic acids is 1. The van der Waals surface area contributed by atoms with E-state index in [1.165, 1.54) is 11.8 Å². The molecule has 0 fully saturated rings. The molecule has 1 amide bonds. The SMILES string of the molecule is COc1ccc(-n2c(SCC(=O)NCCC#N)nc3ccccc32)cc1. The minimum Gasteiger partial charge on any atom is -0.497 e. The molecular weight excluding hydrogens is 348 g/mol. The van der Waals surface area contributed by atoms with Gasteiger partial charge in [-0.15, -0.1) is 0 Å². The highest BCUT2D eigenvalue weighted by Crippen LogP contribution is 2.28. The van der Waals surface area contributed by atoms with Gasteiger partial charge >= 0.3 is 0 Å². The van der Waals surface area contributed by atoms with Gasteiger partial charge in [-0.1, -0.05) is 23.9 Å². The zero-order valence-electron chi connectivity index (χ0n) is 14.3. The van der Waals surface area contributed by atoms with E-state index < -0.39 is 0 Å². The van der Waals surface area contributed by atoms with Crippen molar-refractivity contribution in [2.75, 3.05) is 19.4 Å². The molecule has 0 saturated carbocycles. The lowest BCUT2D eigenvalue weighted by Gasteiger charge is -2.10. The first kappa shape index (κ1) is 17.8. The monoisotopic (exact) mass is 366 g/mol. The van der Waals surface area contributed by atoms with Crippen LogP contribution in [0.4, 0.5) is 0 Å². The number of amides is 1. The van der Waals surface area contributed by atoms with Crippen LogP contribution in [0.3, 0.4) is 0 Å². The average molecular weight is 366 g/mol. The maximum absolute atomic E-state index is 11.9. The largest absolute Gasteiger partial charge is 0.497 e. The second kappa shape index (κ2) is 8.41. The van der Waals surface area contributed by atoms with Gasteiger partial charge in [-0.05, 0) is 36.4 Å². The van der Waals surface area contributed by atoms with Gasteiger partial charge in [0.15, 0.2) is 5.16 Å². The molecule has 3 aromatic rings. The fraction of sp³-hybridized carbons (Fsp3) is 0.211. The molecule has 0 aliphatic carbocycles. The molecule has 0 aliphatic rings. The Kier molecular flexibility index (Phi) is 5.77. The standard InChI is InChI=1S/C19H18N4O2S/c1-25-15-9-7-14(8-10-15)23-17-6-3-2-5-16(17)22-19(23)26-13-18(24)21-12-4-11-20/h2-3,5-10H,4,12-13H2,1H3,(H,21,24). The van der Waals surface area contributed by atoms with Crippen LogP contribution in [-0.4, -0.2) is 34.9 Å². The van der Waals surface area contributed by atoms with Crippen molar-refractivity contribution in [1.82, 2.24) is 14.9 Å². The van der Waals surface area contributed by atoms with E-state index in [0.29, 0.717) is 13.0 Å². The van der Waals surface area contributed by atoms with Gasteiger partial charge in [-0.2, -0.15) is 5.26 Å². The van der Waals surface area contributed by atoms with Crippen molar-refractivity contribution in [3.63, 3.8) is 0 Å². The van der Waals surface area contributed by atoms with Crippen molar-refractivity contribution in [3.05, 3.63) is 48.5 Å². The maximum atomic E-state index is 11.9. The molecule has 1 aromatic heterocycles. The molecule has 6 nitrogen and oxygen atoms in total. The molecule has 1 N–H and O–H groups in total. The summed E-state index contributed by atoms with van der Waals surface area (Å²) in [6.07, 6.45) is 0.306. The van der Waals surface area contributed by atoms with Crippen LogP contribution in [0.1, 0.15) is 6.42 Å². The van der Waals surface area contributed by atoms with Gasteiger partial charge in [-0.3, -0.25) is 9.36 Å². The molecule has 0 saturated heterocycles. The topological polar surface area (TPSA) is 79.9 Å². The summed E-state index contributed by atoms with van der Waals surface area (Å²) in [6, 6.07) is 17.6. The third kappa shape index (κ3) is 3.98. The van der Waals surface area contributed by atoms with E-state index in [0.717, 1.165) is 27.6 Å². The van der Waals surface area contributed by atoms with Gasteiger partial charge < -0.3 is 10.1 Å². The molecule has 0 radical (unpaired) electrons. The zero-order chi connectivity index (χ0) is 18.4. The normalized spacial score (nSPS) is 10.5. The third-order valence-corrected chi connectivity index (χ3v) is 4.69. The second-order valence-electron chi connectivity index (χ2n) is 5.46. The van der Waals surface area contributed by atoms with Gasteiger partial charge in [0, 0.05) is 12.2 Å². The molecule has 26 heavy (non-hydrogen) atoms. The lowest BCUT2D eigenvalue weighted by atomic mass is 10.2. The zero-order valence-corrected chi connectivity index (χ0v) is 15.1. The van der Waals surface area contributed by atoms with Gasteiger partial charge in [0.05, 0.1) is 36.4 Å². The molecule has 0 aliphatic heterocycles. The number of imidazole rings is 1. The van der Waals surface area contributed by atoms with Crippen molar-refractivity contribution in [1.29, 1.82) is 5.26 Å². The molecule has 1 heterocycles. The van der Waals surface area contributed by atoms with Gasteiger partial charge in [-0.25, -0.2) is 4.98 Å². The predicted molar refractivity (Wildman–Crippen MR) is 102 cm³/mol. The van der Waals surface area contributed by atoms with Crippen LogP contribution >= 0.6 is 11.8 Å². The van der Waals surface area contributed by atoms with E-state index >= 15 is 0 Å². The Hall–Kier alpha value is -2.98. The summed E-state index contributed by atoms with van der Waals surface area (Å²) in [4.78, 5) is 16.6. The fourth-order valence-corrected chi connectivity index (χ4v) is 3.38. The summed E-state index contributed by atoms with van der Waals surface area (Å²) in [5.74, 6) is 0.910. The quantitative estimate of drug-likeness (QED) is 0.513. The summed E-state index contributed by atoms with van der Waals surface area (Å²) in [5.41, 5.74) is 2.80. The highest BCUT2D eigenvalue weighted by molar-refractivity contribution is 7.99. The number of nitrogens with one attached hydrogen (secondary N) is 1. The number of hydrogen-bond donors (Lipinski definition) is 1. The Balaban J connectivity index is 1.87. The molecule has 7 heteroatoms. The van der Waals surface area contributed by atoms with Crippen molar-refractivity contribution in [2.24, 2.45) is 0 Å². The third-order valence-electron chi connectivity index (χ3n) is 3.75. The number of methoxy groups -OCH3 is 1. The number of carbonyl (C=O) groups is 1. The van der Waals surface area contributed by atoms with E-state index in [1.807, 2.05) is 59.2 Å². The summed E-state index contributed by atoms with van der Waals surface area (Å²) in [7, 11) is 1.63. The highest BCUT2D eigenvalue weighted by atomic mass is 32.2. The first-order valence-electron chi connectivity index (χ1n) is 8.11. The number of nitriles is 1. The molecule has 0 bridgehead atoms. The molecular formula is C19H18N4O2S. The highest BCUT2D eigenvalue weighted by Gasteiger charge is 2.14. The summed E-state index contributed by atoms with van der Waals surface area (Å²) < 4.78 is 7.25. The number of rotatable bonds is 7. The predicted octanol–water partition coefficient (Wildman–Crippen LogP) is 3.16. The Labute approximate surface area is 155 Å². The number of benzene rings is 2. The van der Waals surface area contributed by atoms with Gasteiger partial charge in [0.1, 0.15) is 5.75 Å². The minimum atomic E-state index is -0.112. The van der Waals surface area contributed by atoms with E-state index in [4.69, 9.17) is 10.00 Å². The number of hydrogen-bond acceptors (Lipinski definition) is 5. The van der Waals surface area contributed by atoms with Crippen LogP contribution in [0.5, 0.6) is 5.75 Å². The van der Waals surface area contributed by atoms with Crippen molar-refractivity contribution in [3.8, 4) is 17.5 Å². The van der Waals surface area contributed by atoms with Crippen molar-refractivity contribution in [2.45, 2.75) is 11.6 Å². The molecule has 132 valence electrons. The van der Waals surface area contributed by atoms with Crippen molar-refractivity contribution >= 4 is 28.7 Å². The Morgan fingerprint density at radius 2 is 2.04 bits per heavy atom. The number of thioether (sulfide) groups is 1. The first-order chi connectivity index (χ1) is 12.7. The van der Waals surface area contributed by atoms with Crippen LogP contribution in [-0.2, 0) is 4.79 Å². The van der Waals surface area contributed by atoms with Gasteiger partial charge in [0.2, 0.25) is 5.91 Å². The Morgan fingerprint density at radius 3 is 2.77 bits per heavy atom. The van der Waals surface area contributed by atoms with E-state index in [1.54, 1.807) is 7.11 Å². The van der Waals surface area contributed by atoms with E-state index in [2.05, 4.69) is 10.3 Å². The first-order valence-corrected chi connectivity index (χ1v) is 9.10. The fourth-order valence-electron chi connectivity index (χ4n) is 2.52. The van der Waals surface area contributed by atoms with Crippen LogP contribution in [0.2, 0.25) is 0 Å². The second-order valence-corrected chi connectivity index (χ2v) is 6.41. The number of fused-ring (bicyclic) bond motifs is 1. The van der Waals surface area contributed by atoms with Crippen LogP contribution in [0.15, 0.2) is 53.7 Å². The molecule has 2 aromatic carbocycles. The van der Waals surface area contributed by atoms with Crippen molar-refractivity contribution < 1.29 is 9.53 Å². The molecule has 3 rings (SSSR count). The Morgan fingerprint density at radius 1 is 1.27 bits per heavy atom. The molecule has 0 unspecified atom stereocenters. The van der Waals surface area contributed by atoms with Crippen LogP contribution in [0.25, 0.3) is 16.7 Å². The number of para-hydroxylation sites is 2. The molecule has 0 spiro atoms. The lowest BCUT2D eigenvalue weighted by molar-refractivity contribution is -0.118. The molecule has 0 atom stereocenters. The van der Waals surface area contributed by atoms with Crippen LogP contribution < -0.4 is 10.1 Å². The maximum Gasteiger partial charge on any atom is 0.230 e. The summed E-state index contributed by atoms with van der Waals surface area (Å²) in [6.45, 7) is 0.366. The lowest BCUT2D eigenvalue weighted by Crippen LogP contribution is -2.26. The van der Waals surface area contributed by atoms with Gasteiger partial charge in [0.25, 0.3) is 0 Å². The van der Waals surface area contributed by atoms with Crippen LogP contribution in [0, 0.1) is 11.3 Å². The smallest absolute Gasteiger partial charge is 0.230 e. The number of aromatic nitrogens is 2. The van der Waals surface area contributed by atoms with E-state index in [-0.39, 0.29) is 11.7 Å². The minimum absolute atomic E-state index is 0.112.